The largest absolute Gasteiger partial charge is 0.296 e. The highest BCUT2D eigenvalue weighted by molar-refractivity contribution is 7.88. The summed E-state index contributed by atoms with van der Waals surface area (Å²) >= 11 is 0. The van der Waals surface area contributed by atoms with Crippen LogP contribution < -0.4 is 0 Å². The molecule has 0 saturated carbocycles. The summed E-state index contributed by atoms with van der Waals surface area (Å²) < 4.78 is 26.1. The summed E-state index contributed by atoms with van der Waals surface area (Å²) in [5.41, 5.74) is -0.185. The third-order valence-electron chi connectivity index (χ3n) is 4.94. The van der Waals surface area contributed by atoms with E-state index in [4.69, 9.17) is 0 Å². The van der Waals surface area contributed by atoms with Gasteiger partial charge in [0.05, 0.1) is 6.26 Å². The van der Waals surface area contributed by atoms with E-state index in [-0.39, 0.29) is 11.0 Å². The van der Waals surface area contributed by atoms with Crippen molar-refractivity contribution in [2.45, 2.75) is 79.4 Å². The highest BCUT2D eigenvalue weighted by atomic mass is 32.2. The molecular weight excluding hydrogens is 296 g/mol. The molecule has 1 aliphatic heterocycles. The maximum atomic E-state index is 12.2. The highest BCUT2D eigenvalue weighted by Crippen LogP contribution is 2.34. The monoisotopic (exact) mass is 332 g/mol. The van der Waals surface area contributed by atoms with Crippen LogP contribution in [0.3, 0.4) is 0 Å². The van der Waals surface area contributed by atoms with Crippen molar-refractivity contribution in [3.63, 3.8) is 0 Å². The Morgan fingerprint density at radius 2 is 1.68 bits per heavy atom. The van der Waals surface area contributed by atoms with Crippen molar-refractivity contribution in [3.05, 3.63) is 0 Å². The van der Waals surface area contributed by atoms with Gasteiger partial charge in [-0.3, -0.25) is 4.90 Å². The lowest BCUT2D eigenvalue weighted by atomic mass is 9.86. The van der Waals surface area contributed by atoms with Gasteiger partial charge in [-0.2, -0.15) is 4.31 Å². The summed E-state index contributed by atoms with van der Waals surface area (Å²) in [6.45, 7) is 18.9. The smallest absolute Gasteiger partial charge is 0.211 e. The molecule has 1 aliphatic rings. The number of rotatable bonds is 4. The summed E-state index contributed by atoms with van der Waals surface area (Å²) in [5, 5.41) is 0. The number of sulfonamides is 1. The molecule has 1 saturated heterocycles. The van der Waals surface area contributed by atoms with Crippen molar-refractivity contribution in [1.82, 2.24) is 9.21 Å². The Morgan fingerprint density at radius 3 is 2.05 bits per heavy atom. The van der Waals surface area contributed by atoms with Crippen molar-refractivity contribution in [2.24, 2.45) is 11.3 Å². The molecule has 0 aromatic heterocycles. The van der Waals surface area contributed by atoms with Crippen LogP contribution in [0.15, 0.2) is 0 Å². The van der Waals surface area contributed by atoms with E-state index in [1.165, 1.54) is 6.26 Å². The van der Waals surface area contributed by atoms with Gasteiger partial charge in [0.25, 0.3) is 0 Å². The molecule has 1 heterocycles. The van der Waals surface area contributed by atoms with Crippen LogP contribution in [-0.2, 0) is 10.0 Å². The average molecular weight is 333 g/mol. The number of hydrogen-bond acceptors (Lipinski definition) is 3. The lowest BCUT2D eigenvalue weighted by molar-refractivity contribution is 0.0798. The molecule has 3 unspecified atom stereocenters. The predicted molar refractivity (Wildman–Crippen MR) is 94.5 cm³/mol. The van der Waals surface area contributed by atoms with Crippen molar-refractivity contribution in [2.75, 3.05) is 19.3 Å². The van der Waals surface area contributed by atoms with Crippen LogP contribution >= 0.6 is 0 Å². The minimum absolute atomic E-state index is 0.194. The lowest BCUT2D eigenvalue weighted by Crippen LogP contribution is -2.53. The van der Waals surface area contributed by atoms with Crippen LogP contribution in [-0.4, -0.2) is 54.6 Å². The van der Waals surface area contributed by atoms with E-state index in [9.17, 15) is 8.42 Å². The average Bonchev–Trinajstić information content (AvgIpc) is 2.61. The van der Waals surface area contributed by atoms with E-state index in [0.29, 0.717) is 24.5 Å². The Balaban J connectivity index is 3.02. The molecule has 5 heteroatoms. The van der Waals surface area contributed by atoms with Gasteiger partial charge in [-0.05, 0) is 45.4 Å². The molecule has 0 N–H and O–H groups in total. The van der Waals surface area contributed by atoms with Crippen LogP contribution in [0.5, 0.6) is 0 Å². The molecule has 1 fully saturated rings. The van der Waals surface area contributed by atoms with Crippen molar-refractivity contribution in [1.29, 1.82) is 0 Å². The van der Waals surface area contributed by atoms with Crippen LogP contribution in [0.2, 0.25) is 0 Å². The molecule has 22 heavy (non-hydrogen) atoms. The van der Waals surface area contributed by atoms with Gasteiger partial charge in [-0.15, -0.1) is 0 Å². The van der Waals surface area contributed by atoms with Gasteiger partial charge in [0.15, 0.2) is 0 Å². The molecule has 4 nitrogen and oxygen atoms in total. The molecule has 3 atom stereocenters. The standard InChI is InChI=1S/C17H36N2O2S/c1-13-10-15(18(11-13)14(2)16(3,4)5)12-19(17(6,7)8)22(9,20)21/h13-15H,10-12H2,1-9H3. The van der Waals surface area contributed by atoms with Crippen LogP contribution in [0.4, 0.5) is 0 Å². The van der Waals surface area contributed by atoms with Gasteiger partial charge in [0.2, 0.25) is 10.0 Å². The summed E-state index contributed by atoms with van der Waals surface area (Å²) in [6.07, 6.45) is 2.40. The second-order valence-corrected chi connectivity index (χ2v) is 11.1. The lowest BCUT2D eigenvalue weighted by Gasteiger charge is -2.42. The third-order valence-corrected chi connectivity index (χ3v) is 6.44. The fourth-order valence-corrected chi connectivity index (χ4v) is 4.87. The van der Waals surface area contributed by atoms with Gasteiger partial charge >= 0.3 is 0 Å². The van der Waals surface area contributed by atoms with Gasteiger partial charge in [0.1, 0.15) is 0 Å². The van der Waals surface area contributed by atoms with Crippen molar-refractivity contribution < 1.29 is 8.42 Å². The van der Waals surface area contributed by atoms with E-state index < -0.39 is 10.0 Å². The number of likely N-dealkylation sites (tertiary alicyclic amines) is 1. The van der Waals surface area contributed by atoms with E-state index in [2.05, 4.69) is 39.5 Å². The molecule has 0 aliphatic carbocycles. The Morgan fingerprint density at radius 1 is 1.18 bits per heavy atom. The first-order valence-corrected chi connectivity index (χ1v) is 10.2. The van der Waals surface area contributed by atoms with Crippen LogP contribution in [0, 0.1) is 11.3 Å². The quantitative estimate of drug-likeness (QED) is 0.794. The highest BCUT2D eigenvalue weighted by Gasteiger charge is 2.41. The summed E-state index contributed by atoms with van der Waals surface area (Å²) in [6, 6.07) is 0.738. The van der Waals surface area contributed by atoms with Crippen LogP contribution in [0.1, 0.15) is 61.8 Å². The SMILES string of the molecule is CC1CC(CN(C(C)(C)C)S(C)(=O)=O)N(C(C)C(C)(C)C)C1. The Bertz CT molecular complexity index is 474. The first-order valence-electron chi connectivity index (χ1n) is 8.37. The molecule has 0 amide bonds. The zero-order valence-electron chi connectivity index (χ0n) is 16.0. The fourth-order valence-electron chi connectivity index (χ4n) is 3.43. The van der Waals surface area contributed by atoms with E-state index >= 15 is 0 Å². The molecule has 0 bridgehead atoms. The van der Waals surface area contributed by atoms with E-state index in [1.807, 2.05) is 20.8 Å². The normalized spacial score (nSPS) is 26.6. The van der Waals surface area contributed by atoms with Gasteiger partial charge in [-0.25, -0.2) is 8.42 Å². The summed E-state index contributed by atoms with van der Waals surface area (Å²) in [4.78, 5) is 2.52. The Kier molecular flexibility index (Phi) is 5.80. The third kappa shape index (κ3) is 4.93. The second kappa shape index (κ2) is 6.40. The van der Waals surface area contributed by atoms with Crippen molar-refractivity contribution >= 4 is 10.0 Å². The molecule has 1 rings (SSSR count). The fraction of sp³-hybridized carbons (Fsp3) is 1.00. The Labute approximate surface area is 138 Å². The maximum Gasteiger partial charge on any atom is 0.211 e. The molecule has 0 aromatic carbocycles. The minimum atomic E-state index is -3.21. The first-order chi connectivity index (χ1) is 9.64. The molecule has 0 radical (unpaired) electrons. The topological polar surface area (TPSA) is 40.6 Å². The number of hydrogen-bond donors (Lipinski definition) is 0. The Hall–Kier alpha value is -0.130. The van der Waals surface area contributed by atoms with E-state index in [0.717, 1.165) is 13.0 Å². The van der Waals surface area contributed by atoms with Gasteiger partial charge in [0, 0.05) is 30.7 Å². The predicted octanol–water partition coefficient (Wildman–Crippen LogP) is 3.19. The van der Waals surface area contributed by atoms with E-state index in [1.54, 1.807) is 4.31 Å². The van der Waals surface area contributed by atoms with Gasteiger partial charge < -0.3 is 0 Å². The minimum Gasteiger partial charge on any atom is -0.296 e. The van der Waals surface area contributed by atoms with Crippen molar-refractivity contribution in [3.8, 4) is 0 Å². The molecular formula is C17H36N2O2S. The zero-order valence-corrected chi connectivity index (χ0v) is 16.8. The van der Waals surface area contributed by atoms with Gasteiger partial charge in [-0.1, -0.05) is 27.7 Å². The summed E-state index contributed by atoms with van der Waals surface area (Å²) in [7, 11) is -3.21. The number of nitrogens with zero attached hydrogens (tertiary/aromatic N) is 2. The zero-order chi connectivity index (χ0) is 17.5. The second-order valence-electron chi connectivity index (χ2n) is 9.20. The molecule has 0 aromatic rings. The maximum absolute atomic E-state index is 12.2. The summed E-state index contributed by atoms with van der Waals surface area (Å²) in [5.74, 6) is 0.621. The van der Waals surface area contributed by atoms with Crippen LogP contribution in [0.25, 0.3) is 0 Å². The molecule has 0 spiro atoms. The molecule has 132 valence electrons. The first kappa shape index (κ1) is 19.9.